The summed E-state index contributed by atoms with van der Waals surface area (Å²) in [6, 6.07) is 5.68. The molecule has 0 atom stereocenters. The lowest BCUT2D eigenvalue weighted by Gasteiger charge is -2.05. The van der Waals surface area contributed by atoms with Crippen molar-refractivity contribution in [1.82, 2.24) is 9.55 Å². The number of nitrogens with zero attached hydrogens (tertiary/aromatic N) is 2. The molecule has 1 heterocycles. The van der Waals surface area contributed by atoms with Crippen LogP contribution in [0.15, 0.2) is 18.2 Å². The molecule has 0 spiro atoms. The molecule has 0 fully saturated rings. The van der Waals surface area contributed by atoms with Gasteiger partial charge in [-0.3, -0.25) is 0 Å². The van der Waals surface area contributed by atoms with Gasteiger partial charge in [-0.05, 0) is 18.6 Å². The van der Waals surface area contributed by atoms with Gasteiger partial charge in [0.2, 0.25) is 5.95 Å². The zero-order valence-electron chi connectivity index (χ0n) is 8.20. The van der Waals surface area contributed by atoms with Crippen LogP contribution in [0.5, 0.6) is 0 Å². The highest BCUT2D eigenvalue weighted by molar-refractivity contribution is 5.89. The number of fused-ring (bicyclic) bond motifs is 1. The SMILES string of the molecule is CCCn1c(N)nc2cccc(N)c21. The highest BCUT2D eigenvalue weighted by Crippen LogP contribution is 2.23. The van der Waals surface area contributed by atoms with E-state index in [-0.39, 0.29) is 0 Å². The minimum Gasteiger partial charge on any atom is -0.397 e. The van der Waals surface area contributed by atoms with Crippen LogP contribution in [0.2, 0.25) is 0 Å². The molecule has 0 unspecified atom stereocenters. The highest BCUT2D eigenvalue weighted by Gasteiger charge is 2.08. The number of nitrogen functional groups attached to an aromatic ring is 2. The van der Waals surface area contributed by atoms with E-state index in [2.05, 4.69) is 11.9 Å². The Morgan fingerprint density at radius 2 is 2.14 bits per heavy atom. The van der Waals surface area contributed by atoms with Gasteiger partial charge in [-0.15, -0.1) is 0 Å². The minimum atomic E-state index is 0.541. The Morgan fingerprint density at radius 3 is 2.86 bits per heavy atom. The summed E-state index contributed by atoms with van der Waals surface area (Å²) in [6.07, 6.45) is 1.02. The number of anilines is 2. The van der Waals surface area contributed by atoms with Gasteiger partial charge in [0.1, 0.15) is 0 Å². The van der Waals surface area contributed by atoms with E-state index < -0.39 is 0 Å². The lowest BCUT2D eigenvalue weighted by atomic mass is 10.2. The normalized spacial score (nSPS) is 10.9. The summed E-state index contributed by atoms with van der Waals surface area (Å²) in [5.74, 6) is 0.541. The number of aromatic nitrogens is 2. The molecule has 4 heteroatoms. The molecule has 0 aliphatic rings. The van der Waals surface area contributed by atoms with Gasteiger partial charge >= 0.3 is 0 Å². The van der Waals surface area contributed by atoms with Gasteiger partial charge in [0.05, 0.1) is 16.7 Å². The smallest absolute Gasteiger partial charge is 0.201 e. The van der Waals surface area contributed by atoms with Crippen LogP contribution in [0.25, 0.3) is 11.0 Å². The molecular weight excluding hydrogens is 176 g/mol. The summed E-state index contributed by atoms with van der Waals surface area (Å²) < 4.78 is 1.96. The number of para-hydroxylation sites is 1. The predicted octanol–water partition coefficient (Wildman–Crippen LogP) is 1.61. The summed E-state index contributed by atoms with van der Waals surface area (Å²) in [5, 5.41) is 0. The van der Waals surface area contributed by atoms with Gasteiger partial charge in [-0.2, -0.15) is 0 Å². The van der Waals surface area contributed by atoms with Crippen molar-refractivity contribution < 1.29 is 0 Å². The van der Waals surface area contributed by atoms with Crippen molar-refractivity contribution in [1.29, 1.82) is 0 Å². The minimum absolute atomic E-state index is 0.541. The molecule has 74 valence electrons. The Balaban J connectivity index is 2.73. The van der Waals surface area contributed by atoms with E-state index in [1.54, 1.807) is 0 Å². The Hall–Kier alpha value is -1.71. The van der Waals surface area contributed by atoms with Crippen molar-refractivity contribution in [3.8, 4) is 0 Å². The van der Waals surface area contributed by atoms with Crippen molar-refractivity contribution in [3.05, 3.63) is 18.2 Å². The average Bonchev–Trinajstić information content (AvgIpc) is 2.45. The van der Waals surface area contributed by atoms with Gasteiger partial charge in [0, 0.05) is 6.54 Å². The Labute approximate surface area is 82.5 Å². The zero-order chi connectivity index (χ0) is 10.1. The first-order valence-corrected chi connectivity index (χ1v) is 4.74. The lowest BCUT2D eigenvalue weighted by molar-refractivity contribution is 0.707. The third-order valence-electron chi connectivity index (χ3n) is 2.27. The largest absolute Gasteiger partial charge is 0.397 e. The van der Waals surface area contributed by atoms with Crippen LogP contribution in [0.1, 0.15) is 13.3 Å². The second-order valence-corrected chi connectivity index (χ2v) is 3.34. The number of benzene rings is 1. The topological polar surface area (TPSA) is 69.9 Å². The van der Waals surface area contributed by atoms with Crippen LogP contribution in [-0.4, -0.2) is 9.55 Å². The van der Waals surface area contributed by atoms with Crippen molar-refractivity contribution in [3.63, 3.8) is 0 Å². The maximum Gasteiger partial charge on any atom is 0.201 e. The Kier molecular flexibility index (Phi) is 2.04. The molecule has 2 aromatic rings. The van der Waals surface area contributed by atoms with Crippen molar-refractivity contribution in [2.75, 3.05) is 11.5 Å². The Morgan fingerprint density at radius 1 is 1.36 bits per heavy atom. The molecule has 0 amide bonds. The number of nitrogens with two attached hydrogens (primary N) is 2. The van der Waals surface area contributed by atoms with Crippen LogP contribution >= 0.6 is 0 Å². The maximum absolute atomic E-state index is 5.88. The number of imidazole rings is 1. The van der Waals surface area contributed by atoms with E-state index in [4.69, 9.17) is 11.5 Å². The van der Waals surface area contributed by atoms with Gasteiger partial charge in [0.15, 0.2) is 0 Å². The lowest BCUT2D eigenvalue weighted by Crippen LogP contribution is -2.03. The maximum atomic E-state index is 5.88. The predicted molar refractivity (Wildman–Crippen MR) is 58.8 cm³/mol. The van der Waals surface area contributed by atoms with Crippen molar-refractivity contribution in [2.45, 2.75) is 19.9 Å². The fourth-order valence-electron chi connectivity index (χ4n) is 1.68. The van der Waals surface area contributed by atoms with E-state index in [1.807, 2.05) is 22.8 Å². The van der Waals surface area contributed by atoms with E-state index in [1.165, 1.54) is 0 Å². The van der Waals surface area contributed by atoms with E-state index in [9.17, 15) is 0 Å². The van der Waals surface area contributed by atoms with Gasteiger partial charge in [-0.25, -0.2) is 4.98 Å². The quantitative estimate of drug-likeness (QED) is 0.707. The summed E-state index contributed by atoms with van der Waals surface area (Å²) in [7, 11) is 0. The average molecular weight is 190 g/mol. The number of hydrogen-bond donors (Lipinski definition) is 2. The third kappa shape index (κ3) is 1.19. The van der Waals surface area contributed by atoms with E-state index in [0.29, 0.717) is 5.95 Å². The molecule has 0 radical (unpaired) electrons. The molecule has 1 aromatic heterocycles. The molecule has 0 aliphatic carbocycles. The van der Waals surface area contributed by atoms with E-state index in [0.717, 1.165) is 29.7 Å². The molecule has 2 rings (SSSR count). The summed E-state index contributed by atoms with van der Waals surface area (Å²) >= 11 is 0. The van der Waals surface area contributed by atoms with Crippen LogP contribution in [0.3, 0.4) is 0 Å². The summed E-state index contributed by atoms with van der Waals surface area (Å²) in [4.78, 5) is 4.25. The second-order valence-electron chi connectivity index (χ2n) is 3.34. The van der Waals surface area contributed by atoms with Gasteiger partial charge in [0.25, 0.3) is 0 Å². The Bertz CT molecular complexity index is 458. The van der Waals surface area contributed by atoms with Gasteiger partial charge < -0.3 is 16.0 Å². The summed E-state index contributed by atoms with van der Waals surface area (Å²) in [6.45, 7) is 2.96. The molecule has 14 heavy (non-hydrogen) atoms. The van der Waals surface area contributed by atoms with Crippen molar-refractivity contribution in [2.24, 2.45) is 0 Å². The molecule has 0 saturated heterocycles. The van der Waals surface area contributed by atoms with Crippen LogP contribution < -0.4 is 11.5 Å². The molecule has 0 aliphatic heterocycles. The van der Waals surface area contributed by atoms with E-state index >= 15 is 0 Å². The van der Waals surface area contributed by atoms with Crippen LogP contribution in [0, 0.1) is 0 Å². The number of hydrogen-bond acceptors (Lipinski definition) is 3. The molecular formula is C10H14N4. The first-order valence-electron chi connectivity index (χ1n) is 4.74. The second kappa shape index (κ2) is 3.21. The third-order valence-corrected chi connectivity index (χ3v) is 2.27. The fourth-order valence-corrected chi connectivity index (χ4v) is 1.68. The zero-order valence-corrected chi connectivity index (χ0v) is 8.20. The van der Waals surface area contributed by atoms with Crippen LogP contribution in [0.4, 0.5) is 11.6 Å². The molecule has 1 aromatic carbocycles. The van der Waals surface area contributed by atoms with Crippen molar-refractivity contribution >= 4 is 22.7 Å². The van der Waals surface area contributed by atoms with Crippen LogP contribution in [-0.2, 0) is 6.54 Å². The molecule has 0 saturated carbocycles. The molecule has 4 N–H and O–H groups in total. The fraction of sp³-hybridized carbons (Fsp3) is 0.300. The highest BCUT2D eigenvalue weighted by atomic mass is 15.2. The van der Waals surface area contributed by atoms with Gasteiger partial charge in [-0.1, -0.05) is 13.0 Å². The molecule has 4 nitrogen and oxygen atoms in total. The first kappa shape index (κ1) is 8.87. The number of aryl methyl sites for hydroxylation is 1. The monoisotopic (exact) mass is 190 g/mol. The standard InChI is InChI=1S/C10H14N4/c1-2-6-14-9-7(11)4-3-5-8(9)13-10(14)12/h3-5H,2,6,11H2,1H3,(H2,12,13). The first-order chi connectivity index (χ1) is 6.74. The number of rotatable bonds is 2. The summed E-state index contributed by atoms with van der Waals surface area (Å²) in [5.41, 5.74) is 14.2. The molecule has 0 bridgehead atoms.